The Hall–Kier alpha value is -0.710. The summed E-state index contributed by atoms with van der Waals surface area (Å²) in [7, 11) is 0. The van der Waals surface area contributed by atoms with Crippen LogP contribution in [0.3, 0.4) is 0 Å². The SMILES string of the molecule is O=C(O)C(O)CC(F)F. The van der Waals surface area contributed by atoms with Crippen molar-refractivity contribution in [2.45, 2.75) is 19.0 Å². The molecular weight excluding hydrogens is 134 g/mol. The zero-order valence-electron chi connectivity index (χ0n) is 4.42. The van der Waals surface area contributed by atoms with Gasteiger partial charge in [0.1, 0.15) is 0 Å². The molecule has 5 heteroatoms. The Morgan fingerprint density at radius 3 is 2.11 bits per heavy atom. The van der Waals surface area contributed by atoms with Crippen molar-refractivity contribution in [3.8, 4) is 0 Å². The summed E-state index contributed by atoms with van der Waals surface area (Å²) in [6, 6.07) is 0. The maximum absolute atomic E-state index is 11.2. The van der Waals surface area contributed by atoms with E-state index < -0.39 is 24.9 Å². The van der Waals surface area contributed by atoms with Crippen LogP contribution in [0.1, 0.15) is 6.42 Å². The highest BCUT2D eigenvalue weighted by molar-refractivity contribution is 5.71. The molecule has 0 aromatic heterocycles. The number of rotatable bonds is 3. The first kappa shape index (κ1) is 8.29. The molecule has 1 unspecified atom stereocenters. The average molecular weight is 140 g/mol. The molecule has 2 N–H and O–H groups in total. The summed E-state index contributed by atoms with van der Waals surface area (Å²) >= 11 is 0. The van der Waals surface area contributed by atoms with Gasteiger partial charge in [-0.05, 0) is 0 Å². The third-order valence-corrected chi connectivity index (χ3v) is 0.686. The van der Waals surface area contributed by atoms with Crippen LogP contribution in [0.5, 0.6) is 0 Å². The van der Waals surface area contributed by atoms with Gasteiger partial charge >= 0.3 is 5.97 Å². The van der Waals surface area contributed by atoms with E-state index in [1.54, 1.807) is 0 Å². The zero-order chi connectivity index (χ0) is 7.44. The normalized spacial score (nSPS) is 13.8. The Bertz CT molecular complexity index is 104. The molecule has 54 valence electrons. The van der Waals surface area contributed by atoms with Gasteiger partial charge in [0.2, 0.25) is 6.43 Å². The Balaban J connectivity index is 3.50. The predicted octanol–water partition coefficient (Wildman–Crippen LogP) is 0.0871. The van der Waals surface area contributed by atoms with Crippen LogP contribution in [-0.4, -0.2) is 28.7 Å². The van der Waals surface area contributed by atoms with E-state index in [-0.39, 0.29) is 0 Å². The molecule has 1 atom stereocenters. The summed E-state index contributed by atoms with van der Waals surface area (Å²) in [5.74, 6) is -1.62. The average Bonchev–Trinajstić information content (AvgIpc) is 1.63. The Kier molecular flexibility index (Phi) is 3.08. The summed E-state index contributed by atoms with van der Waals surface area (Å²) in [5, 5.41) is 16.1. The monoisotopic (exact) mass is 140 g/mol. The summed E-state index contributed by atoms with van der Waals surface area (Å²) in [6.07, 6.45) is -5.71. The molecule has 0 fully saturated rings. The lowest BCUT2D eigenvalue weighted by Gasteiger charge is -2.01. The van der Waals surface area contributed by atoms with Crippen LogP contribution < -0.4 is 0 Å². The molecule has 0 rings (SSSR count). The molecular formula is C4H6F2O3. The maximum Gasteiger partial charge on any atom is 0.332 e. The standard InChI is InChI=1S/C4H6F2O3/c5-3(6)1-2(7)4(8)9/h2-3,7H,1H2,(H,8,9). The molecule has 0 spiro atoms. The fourth-order valence-electron chi connectivity index (χ4n) is 0.270. The number of hydrogen-bond acceptors (Lipinski definition) is 2. The first-order valence-corrected chi connectivity index (χ1v) is 2.23. The number of halogens is 2. The number of carboxylic acids is 1. The van der Waals surface area contributed by atoms with Gasteiger partial charge in [0.25, 0.3) is 0 Å². The highest BCUT2D eigenvalue weighted by atomic mass is 19.3. The first-order valence-electron chi connectivity index (χ1n) is 2.23. The Morgan fingerprint density at radius 2 is 2.00 bits per heavy atom. The van der Waals surface area contributed by atoms with Crippen molar-refractivity contribution in [1.29, 1.82) is 0 Å². The second-order valence-electron chi connectivity index (χ2n) is 1.48. The van der Waals surface area contributed by atoms with Gasteiger partial charge in [-0.25, -0.2) is 13.6 Å². The van der Waals surface area contributed by atoms with E-state index in [1.807, 2.05) is 0 Å². The summed E-state index contributed by atoms with van der Waals surface area (Å²) in [5.41, 5.74) is 0. The van der Waals surface area contributed by atoms with Gasteiger partial charge in [0.05, 0.1) is 0 Å². The van der Waals surface area contributed by atoms with Gasteiger partial charge < -0.3 is 10.2 Å². The number of aliphatic hydroxyl groups is 1. The third-order valence-electron chi connectivity index (χ3n) is 0.686. The fourth-order valence-corrected chi connectivity index (χ4v) is 0.270. The zero-order valence-corrected chi connectivity index (χ0v) is 4.42. The second kappa shape index (κ2) is 3.34. The predicted molar refractivity (Wildman–Crippen MR) is 24.3 cm³/mol. The van der Waals surface area contributed by atoms with Crippen molar-refractivity contribution in [2.75, 3.05) is 0 Å². The van der Waals surface area contributed by atoms with E-state index in [9.17, 15) is 13.6 Å². The summed E-state index contributed by atoms with van der Waals surface area (Å²) in [4.78, 5) is 9.65. The van der Waals surface area contributed by atoms with Gasteiger partial charge in [-0.2, -0.15) is 0 Å². The van der Waals surface area contributed by atoms with Crippen molar-refractivity contribution >= 4 is 5.97 Å². The molecule has 0 amide bonds. The summed E-state index contributed by atoms with van der Waals surface area (Å²) in [6.45, 7) is 0. The molecule has 9 heavy (non-hydrogen) atoms. The number of aliphatic carboxylic acids is 1. The fraction of sp³-hybridized carbons (Fsp3) is 0.750. The molecule has 0 bridgehead atoms. The number of carboxylic acid groups (broad SMARTS) is 1. The molecule has 0 heterocycles. The lowest BCUT2D eigenvalue weighted by molar-refractivity contribution is -0.148. The molecule has 3 nitrogen and oxygen atoms in total. The lowest BCUT2D eigenvalue weighted by Crippen LogP contribution is -2.21. The maximum atomic E-state index is 11.2. The van der Waals surface area contributed by atoms with Crippen molar-refractivity contribution in [2.24, 2.45) is 0 Å². The number of aliphatic hydroxyl groups excluding tert-OH is 1. The largest absolute Gasteiger partial charge is 0.479 e. The van der Waals surface area contributed by atoms with E-state index in [0.717, 1.165) is 0 Å². The topological polar surface area (TPSA) is 57.5 Å². The van der Waals surface area contributed by atoms with Crippen molar-refractivity contribution in [3.63, 3.8) is 0 Å². The molecule has 0 aliphatic carbocycles. The van der Waals surface area contributed by atoms with E-state index in [2.05, 4.69) is 0 Å². The van der Waals surface area contributed by atoms with Gasteiger partial charge in [-0.3, -0.25) is 0 Å². The number of alkyl halides is 2. The van der Waals surface area contributed by atoms with E-state index >= 15 is 0 Å². The molecule has 0 aromatic carbocycles. The molecule has 0 radical (unpaired) electrons. The van der Waals surface area contributed by atoms with Crippen LogP contribution in [0.15, 0.2) is 0 Å². The van der Waals surface area contributed by atoms with Gasteiger partial charge in [-0.15, -0.1) is 0 Å². The molecule has 0 aliphatic rings. The van der Waals surface area contributed by atoms with Crippen molar-refractivity contribution < 1.29 is 23.8 Å². The van der Waals surface area contributed by atoms with E-state index in [1.165, 1.54) is 0 Å². The van der Waals surface area contributed by atoms with Crippen molar-refractivity contribution in [3.05, 3.63) is 0 Å². The minimum Gasteiger partial charge on any atom is -0.479 e. The highest BCUT2D eigenvalue weighted by Crippen LogP contribution is 2.02. The highest BCUT2D eigenvalue weighted by Gasteiger charge is 2.18. The van der Waals surface area contributed by atoms with E-state index in [0.29, 0.717) is 0 Å². The number of carbonyl (C=O) groups is 1. The smallest absolute Gasteiger partial charge is 0.332 e. The van der Waals surface area contributed by atoms with Gasteiger partial charge in [0, 0.05) is 6.42 Å². The Morgan fingerprint density at radius 1 is 1.56 bits per heavy atom. The van der Waals surface area contributed by atoms with Crippen LogP contribution >= 0.6 is 0 Å². The number of hydrogen-bond donors (Lipinski definition) is 2. The first-order chi connectivity index (χ1) is 4.04. The minimum absolute atomic E-state index is 1.00. The van der Waals surface area contributed by atoms with Crippen LogP contribution in [0.25, 0.3) is 0 Å². The molecule has 0 aromatic rings. The third kappa shape index (κ3) is 3.84. The van der Waals surface area contributed by atoms with Crippen LogP contribution in [-0.2, 0) is 4.79 Å². The second-order valence-corrected chi connectivity index (χ2v) is 1.48. The molecule has 0 saturated carbocycles. The quantitative estimate of drug-likeness (QED) is 0.584. The molecule has 0 saturated heterocycles. The van der Waals surface area contributed by atoms with E-state index in [4.69, 9.17) is 10.2 Å². The lowest BCUT2D eigenvalue weighted by atomic mass is 10.3. The van der Waals surface area contributed by atoms with Gasteiger partial charge in [0.15, 0.2) is 6.10 Å². The van der Waals surface area contributed by atoms with Crippen LogP contribution in [0.2, 0.25) is 0 Å². The molecule has 0 aliphatic heterocycles. The van der Waals surface area contributed by atoms with Gasteiger partial charge in [-0.1, -0.05) is 0 Å². The summed E-state index contributed by atoms with van der Waals surface area (Å²) < 4.78 is 22.4. The van der Waals surface area contributed by atoms with Crippen molar-refractivity contribution in [1.82, 2.24) is 0 Å². The van der Waals surface area contributed by atoms with Crippen LogP contribution in [0, 0.1) is 0 Å². The van der Waals surface area contributed by atoms with Crippen LogP contribution in [0.4, 0.5) is 8.78 Å². The Labute approximate surface area is 49.9 Å². The minimum atomic E-state index is -2.77.